The SMILES string of the molecule is NCCc1cc(Cc2cscn2)[nH]n1. The van der Waals surface area contributed by atoms with Crippen LogP contribution in [0.2, 0.25) is 0 Å². The lowest BCUT2D eigenvalue weighted by Gasteiger charge is -1.90. The van der Waals surface area contributed by atoms with Crippen LogP contribution in [0.3, 0.4) is 0 Å². The van der Waals surface area contributed by atoms with E-state index in [1.165, 1.54) is 0 Å². The van der Waals surface area contributed by atoms with Crippen LogP contribution < -0.4 is 5.73 Å². The van der Waals surface area contributed by atoms with Crippen molar-refractivity contribution in [2.75, 3.05) is 6.54 Å². The van der Waals surface area contributed by atoms with Crippen molar-refractivity contribution in [3.05, 3.63) is 34.0 Å². The number of hydrogen-bond acceptors (Lipinski definition) is 4. The van der Waals surface area contributed by atoms with Crippen LogP contribution >= 0.6 is 11.3 Å². The highest BCUT2D eigenvalue weighted by molar-refractivity contribution is 7.07. The van der Waals surface area contributed by atoms with Crippen molar-refractivity contribution in [1.82, 2.24) is 15.2 Å². The van der Waals surface area contributed by atoms with Gasteiger partial charge in [0, 0.05) is 23.9 Å². The first-order valence-electron chi connectivity index (χ1n) is 4.49. The first-order chi connectivity index (χ1) is 6.88. The molecule has 4 nitrogen and oxygen atoms in total. The Bertz CT molecular complexity index is 379. The quantitative estimate of drug-likeness (QED) is 0.786. The second-order valence-electron chi connectivity index (χ2n) is 3.08. The molecule has 0 radical (unpaired) electrons. The summed E-state index contributed by atoms with van der Waals surface area (Å²) in [5.41, 5.74) is 10.5. The van der Waals surface area contributed by atoms with E-state index in [9.17, 15) is 0 Å². The second kappa shape index (κ2) is 4.34. The Labute approximate surface area is 86.2 Å². The monoisotopic (exact) mass is 208 g/mol. The molecule has 0 amide bonds. The maximum absolute atomic E-state index is 5.44. The van der Waals surface area contributed by atoms with Crippen LogP contribution in [-0.4, -0.2) is 21.7 Å². The fraction of sp³-hybridized carbons (Fsp3) is 0.333. The summed E-state index contributed by atoms with van der Waals surface area (Å²) in [6.07, 6.45) is 1.65. The summed E-state index contributed by atoms with van der Waals surface area (Å²) in [6.45, 7) is 0.640. The summed E-state index contributed by atoms with van der Waals surface area (Å²) < 4.78 is 0. The summed E-state index contributed by atoms with van der Waals surface area (Å²) in [7, 11) is 0. The standard InChI is InChI=1S/C9H12N4S/c10-2-1-7-3-8(13-12-7)4-9-5-14-6-11-9/h3,5-6H,1-2,4,10H2,(H,12,13). The number of thiazole rings is 1. The van der Waals surface area contributed by atoms with Crippen LogP contribution in [0.4, 0.5) is 0 Å². The predicted octanol–water partition coefficient (Wildman–Crippen LogP) is 0.958. The van der Waals surface area contributed by atoms with Crippen LogP contribution in [0, 0.1) is 0 Å². The molecular weight excluding hydrogens is 196 g/mol. The summed E-state index contributed by atoms with van der Waals surface area (Å²) in [5.74, 6) is 0. The third-order valence-electron chi connectivity index (χ3n) is 1.94. The number of H-pyrrole nitrogens is 1. The summed E-state index contributed by atoms with van der Waals surface area (Å²) in [6, 6.07) is 2.05. The van der Waals surface area contributed by atoms with Crippen molar-refractivity contribution >= 4 is 11.3 Å². The molecule has 2 aromatic heterocycles. The maximum Gasteiger partial charge on any atom is 0.0794 e. The van der Waals surface area contributed by atoms with Crippen molar-refractivity contribution in [2.45, 2.75) is 12.8 Å². The Morgan fingerprint density at radius 2 is 2.36 bits per heavy atom. The minimum atomic E-state index is 0.640. The van der Waals surface area contributed by atoms with Gasteiger partial charge in [-0.15, -0.1) is 11.3 Å². The Hall–Kier alpha value is -1.20. The van der Waals surface area contributed by atoms with E-state index in [-0.39, 0.29) is 0 Å². The maximum atomic E-state index is 5.44. The third kappa shape index (κ3) is 2.18. The average molecular weight is 208 g/mol. The molecule has 0 fully saturated rings. The number of aromatic amines is 1. The number of aromatic nitrogens is 3. The fourth-order valence-electron chi connectivity index (χ4n) is 1.30. The predicted molar refractivity (Wildman–Crippen MR) is 56.3 cm³/mol. The molecule has 0 aromatic carbocycles. The molecule has 74 valence electrons. The van der Waals surface area contributed by atoms with Gasteiger partial charge < -0.3 is 5.73 Å². The van der Waals surface area contributed by atoms with Crippen LogP contribution in [0.25, 0.3) is 0 Å². The van der Waals surface area contributed by atoms with Gasteiger partial charge in [-0.25, -0.2) is 4.98 Å². The van der Waals surface area contributed by atoms with Gasteiger partial charge in [-0.2, -0.15) is 5.10 Å². The number of nitrogens with two attached hydrogens (primary N) is 1. The Kier molecular flexibility index (Phi) is 2.90. The molecule has 3 N–H and O–H groups in total. The van der Waals surface area contributed by atoms with Crippen LogP contribution in [0.15, 0.2) is 17.0 Å². The van der Waals surface area contributed by atoms with Gasteiger partial charge in [-0.05, 0) is 12.6 Å². The van der Waals surface area contributed by atoms with Gasteiger partial charge in [0.05, 0.1) is 16.9 Å². The number of rotatable bonds is 4. The molecule has 2 heterocycles. The van der Waals surface area contributed by atoms with E-state index in [0.29, 0.717) is 6.54 Å². The summed E-state index contributed by atoms with van der Waals surface area (Å²) >= 11 is 1.61. The van der Waals surface area contributed by atoms with Gasteiger partial charge in [0.25, 0.3) is 0 Å². The fourth-order valence-corrected chi connectivity index (χ4v) is 1.85. The summed E-state index contributed by atoms with van der Waals surface area (Å²) in [5, 5.41) is 9.19. The first-order valence-corrected chi connectivity index (χ1v) is 5.43. The largest absolute Gasteiger partial charge is 0.330 e. The van der Waals surface area contributed by atoms with Crippen LogP contribution in [-0.2, 0) is 12.8 Å². The molecule has 5 heteroatoms. The highest BCUT2D eigenvalue weighted by Crippen LogP contribution is 2.08. The molecule has 0 aliphatic heterocycles. The van der Waals surface area contributed by atoms with Crippen molar-refractivity contribution in [1.29, 1.82) is 0 Å². The molecule has 0 atom stereocenters. The second-order valence-corrected chi connectivity index (χ2v) is 3.80. The molecule has 2 aromatic rings. The third-order valence-corrected chi connectivity index (χ3v) is 2.57. The molecule has 0 aliphatic rings. The van der Waals surface area contributed by atoms with Crippen molar-refractivity contribution < 1.29 is 0 Å². The topological polar surface area (TPSA) is 67.6 Å². The van der Waals surface area contributed by atoms with Crippen molar-refractivity contribution in [3.8, 4) is 0 Å². The highest BCUT2D eigenvalue weighted by atomic mass is 32.1. The molecule has 2 rings (SSSR count). The smallest absolute Gasteiger partial charge is 0.0794 e. The molecule has 14 heavy (non-hydrogen) atoms. The van der Waals surface area contributed by atoms with Gasteiger partial charge in [0.2, 0.25) is 0 Å². The van der Waals surface area contributed by atoms with Crippen molar-refractivity contribution in [3.63, 3.8) is 0 Å². The van der Waals surface area contributed by atoms with Gasteiger partial charge in [-0.1, -0.05) is 0 Å². The normalized spacial score (nSPS) is 10.6. The average Bonchev–Trinajstić information content (AvgIpc) is 2.79. The van der Waals surface area contributed by atoms with E-state index in [1.807, 2.05) is 17.0 Å². The van der Waals surface area contributed by atoms with Crippen molar-refractivity contribution in [2.24, 2.45) is 5.73 Å². The van der Waals surface area contributed by atoms with Gasteiger partial charge in [0.15, 0.2) is 0 Å². The number of nitrogens with zero attached hydrogens (tertiary/aromatic N) is 2. The Morgan fingerprint density at radius 1 is 1.43 bits per heavy atom. The van der Waals surface area contributed by atoms with E-state index in [2.05, 4.69) is 15.2 Å². The van der Waals surface area contributed by atoms with Crippen LogP contribution in [0.5, 0.6) is 0 Å². The lowest BCUT2D eigenvalue weighted by molar-refractivity contribution is 0.892. The zero-order chi connectivity index (χ0) is 9.80. The van der Waals surface area contributed by atoms with E-state index in [4.69, 9.17) is 5.73 Å². The molecule has 0 bridgehead atoms. The molecular formula is C9H12N4S. The number of hydrogen-bond donors (Lipinski definition) is 2. The molecule has 0 saturated heterocycles. The minimum absolute atomic E-state index is 0.640. The van der Waals surface area contributed by atoms with Gasteiger partial charge in [0.1, 0.15) is 0 Å². The first kappa shape index (κ1) is 9.36. The number of nitrogens with one attached hydrogen (secondary N) is 1. The zero-order valence-electron chi connectivity index (χ0n) is 7.73. The van der Waals surface area contributed by atoms with Crippen LogP contribution in [0.1, 0.15) is 17.1 Å². The van der Waals surface area contributed by atoms with Gasteiger partial charge in [-0.3, -0.25) is 5.10 Å². The summed E-state index contributed by atoms with van der Waals surface area (Å²) in [4.78, 5) is 4.21. The van der Waals surface area contributed by atoms with E-state index in [0.717, 1.165) is 29.9 Å². The lowest BCUT2D eigenvalue weighted by atomic mass is 10.2. The zero-order valence-corrected chi connectivity index (χ0v) is 8.55. The molecule has 0 spiro atoms. The van der Waals surface area contributed by atoms with Gasteiger partial charge >= 0.3 is 0 Å². The highest BCUT2D eigenvalue weighted by Gasteiger charge is 2.02. The van der Waals surface area contributed by atoms with E-state index < -0.39 is 0 Å². The Morgan fingerprint density at radius 3 is 3.07 bits per heavy atom. The minimum Gasteiger partial charge on any atom is -0.330 e. The molecule has 0 saturated carbocycles. The molecule has 0 unspecified atom stereocenters. The van der Waals surface area contributed by atoms with E-state index in [1.54, 1.807) is 11.3 Å². The molecule has 0 aliphatic carbocycles. The lowest BCUT2D eigenvalue weighted by Crippen LogP contribution is -2.02. The Balaban J connectivity index is 2.03. The van der Waals surface area contributed by atoms with E-state index >= 15 is 0 Å².